The normalized spacial score (nSPS) is 12.3. The first-order chi connectivity index (χ1) is 13.1. The number of ether oxygens (including phenoxy) is 4. The molecule has 0 heterocycles. The summed E-state index contributed by atoms with van der Waals surface area (Å²) in [5, 5.41) is 0. The van der Waals surface area contributed by atoms with Gasteiger partial charge in [-0.1, -0.05) is 42.5 Å². The average molecular weight is 378 g/mol. The minimum absolute atomic E-state index is 0.135. The standard InChI is InChI=1S/C21H30O6/c1-4-25-20(22)19(21(23)26-5-2)14-10-9-11-17(3)27-16-24-15-18-12-7-6-8-13-18/h6-9,11-13,17,19H,4-5,10,14-16H2,1-3H3/b11-9+/t17-/m0/s1. The number of allylic oxidation sites excluding steroid dienone is 1. The van der Waals surface area contributed by atoms with Gasteiger partial charge in [-0.2, -0.15) is 0 Å². The average Bonchev–Trinajstić information content (AvgIpc) is 2.66. The van der Waals surface area contributed by atoms with Gasteiger partial charge in [0, 0.05) is 0 Å². The van der Waals surface area contributed by atoms with Crippen molar-refractivity contribution in [1.29, 1.82) is 0 Å². The monoisotopic (exact) mass is 378 g/mol. The van der Waals surface area contributed by atoms with E-state index in [9.17, 15) is 9.59 Å². The second-order valence-corrected chi connectivity index (χ2v) is 5.89. The molecule has 27 heavy (non-hydrogen) atoms. The molecule has 0 unspecified atom stereocenters. The van der Waals surface area contributed by atoms with E-state index in [1.807, 2.05) is 49.4 Å². The van der Waals surface area contributed by atoms with Crippen LogP contribution in [0.5, 0.6) is 0 Å². The minimum Gasteiger partial charge on any atom is -0.465 e. The number of rotatable bonds is 13. The van der Waals surface area contributed by atoms with Crippen molar-refractivity contribution in [1.82, 2.24) is 0 Å². The zero-order valence-corrected chi connectivity index (χ0v) is 16.4. The molecule has 0 fully saturated rings. The Kier molecular flexibility index (Phi) is 11.8. The topological polar surface area (TPSA) is 71.1 Å². The maximum Gasteiger partial charge on any atom is 0.320 e. The SMILES string of the molecule is CCOC(=O)C(CC/C=C/[C@H](C)OCOCc1ccccc1)C(=O)OCC. The number of hydrogen-bond donors (Lipinski definition) is 0. The van der Waals surface area contributed by atoms with Gasteiger partial charge in [0.25, 0.3) is 0 Å². The van der Waals surface area contributed by atoms with Crippen molar-refractivity contribution in [2.24, 2.45) is 5.92 Å². The Morgan fingerprint density at radius 3 is 2.26 bits per heavy atom. The highest BCUT2D eigenvalue weighted by atomic mass is 16.7. The van der Waals surface area contributed by atoms with E-state index in [-0.39, 0.29) is 26.1 Å². The highest BCUT2D eigenvalue weighted by molar-refractivity contribution is 5.94. The van der Waals surface area contributed by atoms with Crippen LogP contribution in [0.3, 0.4) is 0 Å². The molecule has 6 nitrogen and oxygen atoms in total. The Bertz CT molecular complexity index is 551. The van der Waals surface area contributed by atoms with E-state index in [0.717, 1.165) is 5.56 Å². The number of carbonyl (C=O) groups is 2. The van der Waals surface area contributed by atoms with Crippen molar-refractivity contribution in [2.45, 2.75) is 46.3 Å². The molecule has 0 aliphatic heterocycles. The molecule has 0 saturated carbocycles. The zero-order valence-electron chi connectivity index (χ0n) is 16.4. The summed E-state index contributed by atoms with van der Waals surface area (Å²) in [6.07, 6.45) is 4.50. The van der Waals surface area contributed by atoms with Crippen LogP contribution >= 0.6 is 0 Å². The van der Waals surface area contributed by atoms with Crippen LogP contribution in [0.15, 0.2) is 42.5 Å². The van der Waals surface area contributed by atoms with E-state index in [0.29, 0.717) is 19.4 Å². The lowest BCUT2D eigenvalue weighted by atomic mass is 10.0. The summed E-state index contributed by atoms with van der Waals surface area (Å²) in [4.78, 5) is 23.8. The molecule has 6 heteroatoms. The van der Waals surface area contributed by atoms with Gasteiger partial charge in [-0.05, 0) is 39.2 Å². The van der Waals surface area contributed by atoms with Crippen molar-refractivity contribution in [3.8, 4) is 0 Å². The fraction of sp³-hybridized carbons (Fsp3) is 0.524. The van der Waals surface area contributed by atoms with Gasteiger partial charge in [0.2, 0.25) is 0 Å². The van der Waals surface area contributed by atoms with Crippen LogP contribution in [0.2, 0.25) is 0 Å². The first-order valence-corrected chi connectivity index (χ1v) is 9.31. The molecule has 1 aromatic carbocycles. The second-order valence-electron chi connectivity index (χ2n) is 5.89. The van der Waals surface area contributed by atoms with E-state index in [1.54, 1.807) is 13.8 Å². The lowest BCUT2D eigenvalue weighted by Gasteiger charge is -2.13. The molecule has 0 bridgehead atoms. The third-order valence-corrected chi connectivity index (χ3v) is 3.70. The van der Waals surface area contributed by atoms with Crippen LogP contribution < -0.4 is 0 Å². The molecule has 1 rings (SSSR count). The van der Waals surface area contributed by atoms with Crippen molar-refractivity contribution < 1.29 is 28.5 Å². The molecule has 0 aromatic heterocycles. The Morgan fingerprint density at radius 2 is 1.67 bits per heavy atom. The summed E-state index contributed by atoms with van der Waals surface area (Å²) >= 11 is 0. The van der Waals surface area contributed by atoms with E-state index in [4.69, 9.17) is 18.9 Å². The number of hydrogen-bond acceptors (Lipinski definition) is 6. The Morgan fingerprint density at radius 1 is 1.04 bits per heavy atom. The zero-order chi connectivity index (χ0) is 19.9. The summed E-state index contributed by atoms with van der Waals surface area (Å²) in [5.41, 5.74) is 1.09. The Hall–Kier alpha value is -2.18. The predicted molar refractivity (Wildman–Crippen MR) is 102 cm³/mol. The van der Waals surface area contributed by atoms with Crippen molar-refractivity contribution >= 4 is 11.9 Å². The van der Waals surface area contributed by atoms with Crippen LogP contribution in [0.4, 0.5) is 0 Å². The fourth-order valence-corrected chi connectivity index (χ4v) is 2.31. The second kappa shape index (κ2) is 13.9. The van der Waals surface area contributed by atoms with Gasteiger partial charge in [0.1, 0.15) is 6.79 Å². The third-order valence-electron chi connectivity index (χ3n) is 3.70. The van der Waals surface area contributed by atoms with Crippen molar-refractivity contribution in [3.05, 3.63) is 48.0 Å². The quantitative estimate of drug-likeness (QED) is 0.172. The Balaban J connectivity index is 2.29. The molecule has 0 aliphatic carbocycles. The fourth-order valence-electron chi connectivity index (χ4n) is 2.31. The summed E-state index contributed by atoms with van der Waals surface area (Å²) in [6, 6.07) is 9.87. The molecule has 0 amide bonds. The molecule has 150 valence electrons. The van der Waals surface area contributed by atoms with Crippen molar-refractivity contribution in [2.75, 3.05) is 20.0 Å². The van der Waals surface area contributed by atoms with Gasteiger partial charge >= 0.3 is 11.9 Å². The highest BCUT2D eigenvalue weighted by Gasteiger charge is 2.28. The molecule has 0 aliphatic rings. The molecule has 0 radical (unpaired) electrons. The maximum absolute atomic E-state index is 11.9. The van der Waals surface area contributed by atoms with E-state index >= 15 is 0 Å². The summed E-state index contributed by atoms with van der Waals surface area (Å²) in [6.45, 7) is 6.47. The number of benzene rings is 1. The van der Waals surface area contributed by atoms with Gasteiger partial charge in [-0.15, -0.1) is 0 Å². The molecule has 0 saturated heterocycles. The summed E-state index contributed by atoms with van der Waals surface area (Å²) in [5.74, 6) is -1.97. The van der Waals surface area contributed by atoms with Crippen LogP contribution in [-0.4, -0.2) is 38.0 Å². The maximum atomic E-state index is 11.9. The number of carbonyl (C=O) groups excluding carboxylic acids is 2. The Labute approximate surface area is 161 Å². The third kappa shape index (κ3) is 9.92. The van der Waals surface area contributed by atoms with E-state index in [2.05, 4.69) is 0 Å². The smallest absolute Gasteiger partial charge is 0.320 e. The first kappa shape index (κ1) is 22.9. The van der Waals surface area contributed by atoms with Crippen LogP contribution in [-0.2, 0) is 35.1 Å². The van der Waals surface area contributed by atoms with E-state index < -0.39 is 17.9 Å². The minimum atomic E-state index is -0.889. The lowest BCUT2D eigenvalue weighted by Crippen LogP contribution is -2.28. The van der Waals surface area contributed by atoms with Gasteiger partial charge in [-0.3, -0.25) is 9.59 Å². The molecule has 1 atom stereocenters. The first-order valence-electron chi connectivity index (χ1n) is 9.31. The van der Waals surface area contributed by atoms with Crippen LogP contribution in [0, 0.1) is 5.92 Å². The largest absolute Gasteiger partial charge is 0.465 e. The van der Waals surface area contributed by atoms with E-state index in [1.165, 1.54) is 0 Å². The molecule has 1 aromatic rings. The summed E-state index contributed by atoms with van der Waals surface area (Å²) < 4.78 is 20.9. The predicted octanol–water partition coefficient (Wildman–Crippen LogP) is 3.64. The molecular formula is C21H30O6. The lowest BCUT2D eigenvalue weighted by molar-refractivity contribution is -0.161. The van der Waals surface area contributed by atoms with Gasteiger partial charge in [-0.25, -0.2) is 0 Å². The summed E-state index contributed by atoms with van der Waals surface area (Å²) in [7, 11) is 0. The van der Waals surface area contributed by atoms with Crippen LogP contribution in [0.1, 0.15) is 39.2 Å². The van der Waals surface area contributed by atoms with Gasteiger partial charge in [0.05, 0.1) is 25.9 Å². The molecular weight excluding hydrogens is 348 g/mol. The van der Waals surface area contributed by atoms with Gasteiger partial charge < -0.3 is 18.9 Å². The van der Waals surface area contributed by atoms with Crippen LogP contribution in [0.25, 0.3) is 0 Å². The molecule has 0 N–H and O–H groups in total. The highest BCUT2D eigenvalue weighted by Crippen LogP contribution is 2.13. The number of esters is 2. The van der Waals surface area contributed by atoms with Crippen molar-refractivity contribution in [3.63, 3.8) is 0 Å². The van der Waals surface area contributed by atoms with Gasteiger partial charge in [0.15, 0.2) is 5.92 Å². The molecule has 0 spiro atoms.